The van der Waals surface area contributed by atoms with Gasteiger partial charge in [-0.25, -0.2) is 4.98 Å². The minimum absolute atomic E-state index is 0.191. The third kappa shape index (κ3) is 4.11. The van der Waals surface area contributed by atoms with E-state index in [1.165, 1.54) is 8.61 Å². The van der Waals surface area contributed by atoms with Gasteiger partial charge in [-0.3, -0.25) is 0 Å². The lowest BCUT2D eigenvalue weighted by Gasteiger charge is -2.33. The van der Waals surface area contributed by atoms with Gasteiger partial charge in [0.05, 0.1) is 25.5 Å². The lowest BCUT2D eigenvalue weighted by molar-refractivity contribution is 0.119. The zero-order valence-corrected chi connectivity index (χ0v) is 16.9. The van der Waals surface area contributed by atoms with E-state index in [1.54, 1.807) is 14.1 Å². The van der Waals surface area contributed by atoms with E-state index in [0.29, 0.717) is 38.1 Å². The van der Waals surface area contributed by atoms with Crippen LogP contribution in [0.4, 0.5) is 0 Å². The molecule has 0 aromatic carbocycles. The number of fused-ring (bicyclic) bond motifs is 1. The number of hydrogen-bond acceptors (Lipinski definition) is 6. The topological polar surface area (TPSA) is 84.9 Å². The molecule has 150 valence electrons. The molecule has 1 aromatic rings. The lowest BCUT2D eigenvalue weighted by atomic mass is 10.1. The molecule has 1 aromatic heterocycles. The van der Waals surface area contributed by atoms with Crippen molar-refractivity contribution in [3.63, 3.8) is 0 Å². The summed E-state index contributed by atoms with van der Waals surface area (Å²) in [5.41, 5.74) is 2.07. The number of nitrogens with zero attached hydrogens (tertiary/aromatic N) is 4. The predicted molar refractivity (Wildman–Crippen MR) is 100 cm³/mol. The van der Waals surface area contributed by atoms with Gasteiger partial charge in [0.25, 0.3) is 10.2 Å². The van der Waals surface area contributed by atoms with Gasteiger partial charge in [-0.2, -0.15) is 22.0 Å². The van der Waals surface area contributed by atoms with E-state index >= 15 is 0 Å². The van der Waals surface area contributed by atoms with Crippen LogP contribution in [-0.2, 0) is 27.8 Å². The Bertz CT molecular complexity index is 795. The van der Waals surface area contributed by atoms with E-state index in [0.717, 1.165) is 55.6 Å². The molecule has 27 heavy (non-hydrogen) atoms. The Morgan fingerprint density at radius 1 is 1.15 bits per heavy atom. The highest BCUT2D eigenvalue weighted by Crippen LogP contribution is 2.40. The van der Waals surface area contributed by atoms with Crippen LogP contribution in [0.5, 0.6) is 5.88 Å². The van der Waals surface area contributed by atoms with Gasteiger partial charge in [0.2, 0.25) is 5.88 Å². The zero-order valence-electron chi connectivity index (χ0n) is 16.1. The molecule has 1 saturated carbocycles. The standard InChI is InChI=1S/C18H28N4O4S/c1-21(2)27(23,24)22-9-3-4-14(12-22)26-18-15-7-10-25-11-8-16(15)19-17(20-18)13-5-6-13/h13-14H,3-12H2,1-2H3. The quantitative estimate of drug-likeness (QED) is 0.742. The fourth-order valence-corrected chi connectivity index (χ4v) is 4.83. The Hall–Kier alpha value is -1.29. The number of rotatable bonds is 5. The fourth-order valence-electron chi connectivity index (χ4n) is 3.65. The maximum atomic E-state index is 12.5. The molecule has 8 nitrogen and oxygen atoms in total. The van der Waals surface area contributed by atoms with Gasteiger partial charge in [0.1, 0.15) is 11.9 Å². The van der Waals surface area contributed by atoms with E-state index < -0.39 is 10.2 Å². The number of piperidine rings is 1. The molecule has 2 aliphatic heterocycles. The van der Waals surface area contributed by atoms with Crippen molar-refractivity contribution in [2.75, 3.05) is 40.4 Å². The van der Waals surface area contributed by atoms with E-state index in [2.05, 4.69) is 0 Å². The molecular formula is C18H28N4O4S. The Morgan fingerprint density at radius 2 is 1.93 bits per heavy atom. The molecule has 0 spiro atoms. The minimum atomic E-state index is -3.43. The van der Waals surface area contributed by atoms with E-state index in [4.69, 9.17) is 19.4 Å². The molecule has 0 N–H and O–H groups in total. The highest BCUT2D eigenvalue weighted by molar-refractivity contribution is 7.86. The Morgan fingerprint density at radius 3 is 2.67 bits per heavy atom. The lowest BCUT2D eigenvalue weighted by Crippen LogP contribution is -2.48. The molecule has 0 radical (unpaired) electrons. The van der Waals surface area contributed by atoms with Crippen LogP contribution in [0, 0.1) is 0 Å². The van der Waals surface area contributed by atoms with Crippen molar-refractivity contribution in [3.05, 3.63) is 17.1 Å². The molecule has 1 saturated heterocycles. The number of hydrogen-bond donors (Lipinski definition) is 0. The Balaban J connectivity index is 1.57. The van der Waals surface area contributed by atoms with Crippen LogP contribution in [0.2, 0.25) is 0 Å². The molecule has 4 rings (SSSR count). The largest absolute Gasteiger partial charge is 0.473 e. The predicted octanol–water partition coefficient (Wildman–Crippen LogP) is 1.12. The smallest absolute Gasteiger partial charge is 0.281 e. The van der Waals surface area contributed by atoms with Gasteiger partial charge in [0, 0.05) is 45.0 Å². The first kappa shape index (κ1) is 19.0. The van der Waals surface area contributed by atoms with Crippen LogP contribution in [0.15, 0.2) is 0 Å². The summed E-state index contributed by atoms with van der Waals surface area (Å²) in [6, 6.07) is 0. The second-order valence-electron chi connectivity index (χ2n) is 7.73. The van der Waals surface area contributed by atoms with Gasteiger partial charge in [0.15, 0.2) is 0 Å². The van der Waals surface area contributed by atoms with Gasteiger partial charge in [-0.05, 0) is 25.7 Å². The van der Waals surface area contributed by atoms with Gasteiger partial charge < -0.3 is 9.47 Å². The minimum Gasteiger partial charge on any atom is -0.473 e. The van der Waals surface area contributed by atoms with E-state index in [1.807, 2.05) is 0 Å². The first-order valence-electron chi connectivity index (χ1n) is 9.77. The molecule has 9 heteroatoms. The average Bonchev–Trinajstić information content (AvgIpc) is 3.48. The highest BCUT2D eigenvalue weighted by Gasteiger charge is 2.33. The van der Waals surface area contributed by atoms with Crippen LogP contribution in [0.3, 0.4) is 0 Å². The second-order valence-corrected chi connectivity index (χ2v) is 9.87. The SMILES string of the molecule is CN(C)S(=O)(=O)N1CCCC(Oc2nc(C3CC3)nc3c2CCOCC3)C1. The maximum Gasteiger partial charge on any atom is 0.281 e. The molecule has 3 aliphatic rings. The molecule has 0 amide bonds. The van der Waals surface area contributed by atoms with E-state index in [-0.39, 0.29) is 6.10 Å². The van der Waals surface area contributed by atoms with Crippen LogP contribution < -0.4 is 4.74 Å². The first-order chi connectivity index (χ1) is 12.9. The molecule has 1 unspecified atom stereocenters. The molecule has 2 fully saturated rings. The van der Waals surface area contributed by atoms with Crippen molar-refractivity contribution >= 4 is 10.2 Å². The Kier molecular flexibility index (Phi) is 5.37. The fraction of sp³-hybridized carbons (Fsp3) is 0.778. The summed E-state index contributed by atoms with van der Waals surface area (Å²) in [6.07, 6.45) is 5.20. The first-order valence-corrected chi connectivity index (χ1v) is 11.2. The van der Waals surface area contributed by atoms with Gasteiger partial charge in [-0.1, -0.05) is 0 Å². The van der Waals surface area contributed by atoms with Crippen molar-refractivity contribution in [3.8, 4) is 5.88 Å². The third-order valence-electron chi connectivity index (χ3n) is 5.40. The molecule has 0 bridgehead atoms. The molecule has 1 aliphatic carbocycles. The summed E-state index contributed by atoms with van der Waals surface area (Å²) in [4.78, 5) is 9.52. The summed E-state index contributed by atoms with van der Waals surface area (Å²) < 4.78 is 39.6. The second kappa shape index (κ2) is 7.62. The number of aromatic nitrogens is 2. The third-order valence-corrected chi connectivity index (χ3v) is 7.31. The van der Waals surface area contributed by atoms with Crippen molar-refractivity contribution in [1.29, 1.82) is 0 Å². The van der Waals surface area contributed by atoms with E-state index in [9.17, 15) is 8.42 Å². The molecular weight excluding hydrogens is 368 g/mol. The monoisotopic (exact) mass is 396 g/mol. The average molecular weight is 397 g/mol. The summed E-state index contributed by atoms with van der Waals surface area (Å²) in [6.45, 7) is 2.20. The molecule has 1 atom stereocenters. The molecule has 3 heterocycles. The summed E-state index contributed by atoms with van der Waals surface area (Å²) in [7, 11) is -0.303. The summed E-state index contributed by atoms with van der Waals surface area (Å²) in [5, 5.41) is 0. The van der Waals surface area contributed by atoms with Crippen molar-refractivity contribution in [2.24, 2.45) is 0 Å². The van der Waals surface area contributed by atoms with Crippen LogP contribution in [-0.4, -0.2) is 73.5 Å². The van der Waals surface area contributed by atoms with Crippen molar-refractivity contribution < 1.29 is 17.9 Å². The zero-order chi connectivity index (χ0) is 19.0. The summed E-state index contributed by atoms with van der Waals surface area (Å²) in [5.74, 6) is 1.96. The van der Waals surface area contributed by atoms with Crippen LogP contribution in [0.1, 0.15) is 48.7 Å². The van der Waals surface area contributed by atoms with Gasteiger partial charge >= 0.3 is 0 Å². The van der Waals surface area contributed by atoms with Crippen molar-refractivity contribution in [2.45, 2.75) is 50.5 Å². The highest BCUT2D eigenvalue weighted by atomic mass is 32.2. The van der Waals surface area contributed by atoms with Crippen LogP contribution >= 0.6 is 0 Å². The Labute approximate surface area is 161 Å². The number of ether oxygens (including phenoxy) is 2. The van der Waals surface area contributed by atoms with Gasteiger partial charge in [-0.15, -0.1) is 0 Å². The normalized spacial score (nSPS) is 24.5. The summed E-state index contributed by atoms with van der Waals surface area (Å²) >= 11 is 0. The van der Waals surface area contributed by atoms with Crippen molar-refractivity contribution in [1.82, 2.24) is 18.6 Å². The maximum absolute atomic E-state index is 12.5. The van der Waals surface area contributed by atoms with Crippen LogP contribution in [0.25, 0.3) is 0 Å².